The summed E-state index contributed by atoms with van der Waals surface area (Å²) >= 11 is 0. The van der Waals surface area contributed by atoms with Crippen LogP contribution in [0.1, 0.15) is 122 Å². The van der Waals surface area contributed by atoms with E-state index in [1.165, 1.54) is 28.8 Å². The van der Waals surface area contributed by atoms with Crippen LogP contribution in [-0.2, 0) is 42.0 Å². The van der Waals surface area contributed by atoms with Crippen LogP contribution < -0.4 is 27.4 Å². The molecule has 2 aliphatic carbocycles. The van der Waals surface area contributed by atoms with Crippen molar-refractivity contribution in [2.75, 3.05) is 13.1 Å². The average Bonchev–Trinajstić information content (AvgIpc) is 3.61. The van der Waals surface area contributed by atoms with Crippen molar-refractivity contribution in [2.24, 2.45) is 24.6 Å². The molecule has 2 aromatic carbocycles. The lowest BCUT2D eigenvalue weighted by Gasteiger charge is -2.39. The minimum atomic E-state index is -5.08. The highest BCUT2D eigenvalue weighted by atomic mass is 31.2. The number of rotatable bonds is 14. The quantitative estimate of drug-likeness (QED) is 0.0842. The highest BCUT2D eigenvalue weighted by molar-refractivity contribution is 7.70. The van der Waals surface area contributed by atoms with E-state index in [-0.39, 0.29) is 66.5 Å². The predicted molar refractivity (Wildman–Crippen MR) is 253 cm³/mol. The van der Waals surface area contributed by atoms with Crippen molar-refractivity contribution in [3.8, 4) is 0 Å². The third-order valence-corrected chi connectivity index (χ3v) is 16.2. The van der Waals surface area contributed by atoms with Gasteiger partial charge in [0.15, 0.2) is 0 Å². The normalized spacial score (nSPS) is 25.7. The molecule has 2 aromatic heterocycles. The second-order valence-corrected chi connectivity index (χ2v) is 21.7. The molecule has 5 aliphatic rings. The van der Waals surface area contributed by atoms with E-state index in [0.29, 0.717) is 73.7 Å². The number of carbonyl (C=O) groups excluding carboxylic acids is 7. The van der Waals surface area contributed by atoms with Gasteiger partial charge in [0.25, 0.3) is 11.4 Å². The third-order valence-electron chi connectivity index (χ3n) is 15.4. The van der Waals surface area contributed by atoms with Crippen molar-refractivity contribution in [1.29, 1.82) is 0 Å². The molecule has 3 aliphatic heterocycles. The van der Waals surface area contributed by atoms with Crippen LogP contribution in [0.3, 0.4) is 0 Å². The molecule has 9 rings (SSSR count). The van der Waals surface area contributed by atoms with Crippen molar-refractivity contribution in [1.82, 2.24) is 39.9 Å². The van der Waals surface area contributed by atoms with Gasteiger partial charge in [-0.15, -0.1) is 0 Å². The number of aliphatic hydroxyl groups excluding tert-OH is 1. The van der Waals surface area contributed by atoms with Crippen LogP contribution in [0.15, 0.2) is 47.3 Å². The molecule has 2 unspecified atom stereocenters. The first-order chi connectivity index (χ1) is 33.3. The number of nitrogens with one attached hydrogen (secondary N) is 4. The van der Waals surface area contributed by atoms with Crippen molar-refractivity contribution in [3.05, 3.63) is 69.8 Å². The summed E-state index contributed by atoms with van der Waals surface area (Å²) in [6.45, 7) is 0.134. The molecule has 0 radical (unpaired) electrons. The van der Waals surface area contributed by atoms with Gasteiger partial charge in [0.2, 0.25) is 29.5 Å². The Morgan fingerprint density at radius 2 is 1.63 bits per heavy atom. The first-order valence-electron chi connectivity index (χ1n) is 24.2. The van der Waals surface area contributed by atoms with Crippen LogP contribution in [0.5, 0.6) is 0 Å². The number of H-pyrrole nitrogens is 1. The predicted octanol–water partition coefficient (Wildman–Crippen LogP) is 1.95. The van der Waals surface area contributed by atoms with Gasteiger partial charge in [-0.2, -0.15) is 0 Å². The Morgan fingerprint density at radius 1 is 0.886 bits per heavy atom. The lowest BCUT2D eigenvalue weighted by Crippen LogP contribution is -2.61. The van der Waals surface area contributed by atoms with Gasteiger partial charge in [-0.1, -0.05) is 6.07 Å². The fourth-order valence-corrected chi connectivity index (χ4v) is 11.7. The van der Waals surface area contributed by atoms with Crippen LogP contribution in [0.4, 0.5) is 0 Å². The number of carbonyl (C=O) groups is 7. The van der Waals surface area contributed by atoms with Crippen LogP contribution in [0, 0.1) is 11.8 Å². The first-order valence-corrected chi connectivity index (χ1v) is 25.8. The second kappa shape index (κ2) is 19.2. The first kappa shape index (κ1) is 48.9. The summed E-state index contributed by atoms with van der Waals surface area (Å²) < 4.78 is 14.7. The van der Waals surface area contributed by atoms with Gasteiger partial charge < -0.3 is 51.4 Å². The number of hydrogen-bond donors (Lipinski definition) is 8. The van der Waals surface area contributed by atoms with Crippen molar-refractivity contribution >= 4 is 70.5 Å². The van der Waals surface area contributed by atoms with Gasteiger partial charge in [-0.25, -0.2) is 4.79 Å². The van der Waals surface area contributed by atoms with Gasteiger partial charge in [0.1, 0.15) is 30.0 Å². The molecule has 22 heteroatoms. The average molecular weight is 986 g/mol. The van der Waals surface area contributed by atoms with Crippen LogP contribution >= 0.6 is 7.60 Å². The monoisotopic (exact) mass is 985 g/mol. The van der Waals surface area contributed by atoms with E-state index in [2.05, 4.69) is 20.9 Å². The Labute approximate surface area is 402 Å². The van der Waals surface area contributed by atoms with Crippen molar-refractivity contribution in [2.45, 2.75) is 132 Å². The molecule has 6 amide bonds. The van der Waals surface area contributed by atoms with E-state index in [1.54, 1.807) is 21.4 Å². The summed E-state index contributed by atoms with van der Waals surface area (Å²) in [5, 5.41) is 18.6. The Kier molecular flexibility index (Phi) is 13.4. The highest BCUT2D eigenvalue weighted by Gasteiger charge is 2.50. The van der Waals surface area contributed by atoms with E-state index in [0.717, 1.165) is 43.2 Å². The minimum absolute atomic E-state index is 0.00459. The SMILES string of the molecule is Cn1c(=O)n(C2CCC(O)NC2=O)c2ccc(CC3CCC(CC(=O)N4CC[C@H]5CC[C@@H](C(=O)NC6(CCC(N)=O)CC6)N5C(=O)[C@@H](NC(=O)c5cc6cc(C(=O)P(=O)(O)O)ccc6[nH]5)C4)CC3)cc21. The Bertz CT molecular complexity index is 2890. The molecule has 374 valence electrons. The number of fused-ring (bicyclic) bond motifs is 3. The smallest absolute Gasteiger partial charge is 0.374 e. The maximum absolute atomic E-state index is 14.8. The van der Waals surface area contributed by atoms with Gasteiger partial charge in [0, 0.05) is 61.0 Å². The fraction of sp³-hybridized carbons (Fsp3) is 0.542. The van der Waals surface area contributed by atoms with E-state index in [1.807, 2.05) is 18.2 Å². The number of benzene rings is 2. The molecule has 9 N–H and O–H groups in total. The number of primary amides is 1. The number of nitrogens with two attached hydrogens (primary N) is 1. The summed E-state index contributed by atoms with van der Waals surface area (Å²) in [7, 11) is -3.39. The molecular weight excluding hydrogens is 926 g/mol. The number of imidazole rings is 1. The third kappa shape index (κ3) is 10.1. The number of nitrogens with zero attached hydrogens (tertiary/aromatic N) is 4. The van der Waals surface area contributed by atoms with Gasteiger partial charge in [-0.3, -0.25) is 47.3 Å². The van der Waals surface area contributed by atoms with Crippen LogP contribution in [-0.4, -0.2) is 123 Å². The largest absolute Gasteiger partial charge is 0.396 e. The number of piperidine rings is 1. The molecule has 0 bridgehead atoms. The molecular formula is C48H60N9O12P. The van der Waals surface area contributed by atoms with Crippen molar-refractivity contribution < 1.29 is 53.0 Å². The second-order valence-electron chi connectivity index (χ2n) is 20.2. The summed E-state index contributed by atoms with van der Waals surface area (Å²) in [5.41, 5.74) is 5.74. The van der Waals surface area contributed by atoms with E-state index >= 15 is 0 Å². The zero-order valence-electron chi connectivity index (χ0n) is 38.9. The number of aromatic amines is 1. The van der Waals surface area contributed by atoms with Crippen LogP contribution in [0.25, 0.3) is 21.9 Å². The molecule has 5 atom stereocenters. The van der Waals surface area contributed by atoms with Crippen LogP contribution in [0.2, 0.25) is 0 Å². The standard InChI is InChI=1S/C48H60N9O12P/c1-54-38-21-28(6-10-35(38)57(47(54)66)36-12-13-40(59)52-43(36)62)20-26-2-4-27(5-3-26)22-41(60)55-19-15-31-8-11-37(44(63)53-48(17-18-48)16-14-39(49)58)56(31)45(64)34(25-55)51-42(61)33-24-30-23-29(7-9-32(30)50-33)46(65)70(67,68)69/h6-7,9-10,21,23-24,26-27,31,34,36-37,40,50,59H,2-5,8,11-20,22,25H2,1H3,(H2,49,58)(H,51,61)(H,52,62)(H,53,63)(H2,67,68,69)/t26?,27?,31-,34+,36?,37+,40?/m1/s1. The van der Waals surface area contributed by atoms with Crippen molar-refractivity contribution in [3.63, 3.8) is 0 Å². The number of hydrogen-bond acceptors (Lipinski definition) is 10. The van der Waals surface area contributed by atoms with E-state index < -0.39 is 66.8 Å². The van der Waals surface area contributed by atoms with Gasteiger partial charge in [0.05, 0.1) is 11.0 Å². The van der Waals surface area contributed by atoms with Gasteiger partial charge >= 0.3 is 13.3 Å². The number of aryl methyl sites for hydroxylation is 1. The highest BCUT2D eigenvalue weighted by Crippen LogP contribution is 2.42. The topological polar surface area (TPSA) is 309 Å². The Hall–Kier alpha value is -6.15. The Morgan fingerprint density at radius 3 is 2.33 bits per heavy atom. The van der Waals surface area contributed by atoms with Gasteiger partial charge in [-0.05, 0) is 137 Å². The molecule has 21 nitrogen and oxygen atoms in total. The summed E-state index contributed by atoms with van der Waals surface area (Å²) in [6, 6.07) is 7.97. The maximum atomic E-state index is 14.8. The summed E-state index contributed by atoms with van der Waals surface area (Å²) in [4.78, 5) is 132. The lowest BCUT2D eigenvalue weighted by atomic mass is 9.78. The fourth-order valence-electron chi connectivity index (χ4n) is 11.3. The molecule has 4 aromatic rings. The van der Waals surface area contributed by atoms with E-state index in [9.17, 15) is 57.8 Å². The van der Waals surface area contributed by atoms with E-state index in [4.69, 9.17) is 5.73 Å². The zero-order chi connectivity index (χ0) is 49.8. The molecule has 5 heterocycles. The molecule has 70 heavy (non-hydrogen) atoms. The number of aromatic nitrogens is 3. The molecule has 2 saturated carbocycles. The number of aliphatic hydroxyl groups is 1. The summed E-state index contributed by atoms with van der Waals surface area (Å²) in [6.07, 6.45) is 7.31. The Balaban J connectivity index is 0.875. The zero-order valence-corrected chi connectivity index (χ0v) is 39.8. The molecule has 3 saturated heterocycles. The number of amides is 6. The minimum Gasteiger partial charge on any atom is -0.374 e. The summed E-state index contributed by atoms with van der Waals surface area (Å²) in [5.74, 6) is -2.15. The molecule has 0 spiro atoms. The maximum Gasteiger partial charge on any atom is 0.396 e. The molecule has 5 fully saturated rings. The lowest BCUT2D eigenvalue weighted by molar-refractivity contribution is -0.145.